The Balaban J connectivity index is 0.000000161. The van der Waals surface area contributed by atoms with E-state index in [0.717, 1.165) is 49.6 Å². The minimum Gasteiger partial charge on any atom is -0.480 e. The number of hydrogen-bond donors (Lipinski definition) is 6. The van der Waals surface area contributed by atoms with E-state index in [2.05, 4.69) is 112 Å². The largest absolute Gasteiger partial charge is 0.480 e. The number of ether oxygens (including phenoxy) is 5. The van der Waals surface area contributed by atoms with Crippen LogP contribution in [0.4, 0.5) is 19.2 Å². The molecule has 22 heteroatoms. The van der Waals surface area contributed by atoms with E-state index < -0.39 is 60.5 Å². The van der Waals surface area contributed by atoms with Gasteiger partial charge >= 0.3 is 36.3 Å². The minimum atomic E-state index is -1.10. The highest BCUT2D eigenvalue weighted by Gasteiger charge is 2.34. The van der Waals surface area contributed by atoms with Crippen LogP contribution in [0.2, 0.25) is 0 Å². The molecule has 0 bridgehead atoms. The van der Waals surface area contributed by atoms with Gasteiger partial charge < -0.3 is 65.0 Å². The lowest BCUT2D eigenvalue weighted by Crippen LogP contribution is -2.46. The molecule has 0 saturated carbocycles. The number of rotatable bonds is 23. The lowest BCUT2D eigenvalue weighted by atomic mass is 9.98. The van der Waals surface area contributed by atoms with Gasteiger partial charge in [0.25, 0.3) is 5.91 Å². The first-order valence-corrected chi connectivity index (χ1v) is 34.0. The van der Waals surface area contributed by atoms with Gasteiger partial charge in [-0.2, -0.15) is 0 Å². The number of alkyl carbamates (subject to hydrolysis) is 4. The molecule has 5 amide bonds. The van der Waals surface area contributed by atoms with E-state index >= 15 is 0 Å². The second-order valence-corrected chi connectivity index (χ2v) is 25.2. The number of hydrogen-bond acceptors (Lipinski definition) is 16. The summed E-state index contributed by atoms with van der Waals surface area (Å²) >= 11 is 0. The zero-order valence-electron chi connectivity index (χ0n) is 58.7. The summed E-state index contributed by atoms with van der Waals surface area (Å²) in [5, 5.41) is 23.0. The van der Waals surface area contributed by atoms with Crippen molar-refractivity contribution in [3.05, 3.63) is 239 Å². The van der Waals surface area contributed by atoms with E-state index in [0.29, 0.717) is 19.3 Å². The summed E-state index contributed by atoms with van der Waals surface area (Å²) in [5.41, 5.74) is 18.5. The van der Waals surface area contributed by atoms with Crippen LogP contribution >= 0.6 is 0 Å². The number of methoxy groups -OCH3 is 1. The number of aldehydes is 1. The highest BCUT2D eigenvalue weighted by molar-refractivity contribution is 5.86. The van der Waals surface area contributed by atoms with Crippen LogP contribution < -0.4 is 26.6 Å². The Morgan fingerprint density at radius 2 is 0.718 bits per heavy atom. The van der Waals surface area contributed by atoms with Crippen LogP contribution in [0.15, 0.2) is 194 Å². The number of carboxylic acids is 1. The molecule has 103 heavy (non-hydrogen) atoms. The van der Waals surface area contributed by atoms with Crippen LogP contribution in [-0.4, -0.2) is 149 Å². The molecular weight excluding hydrogens is 1310 g/mol. The van der Waals surface area contributed by atoms with Gasteiger partial charge in [0, 0.05) is 49.7 Å². The van der Waals surface area contributed by atoms with E-state index in [-0.39, 0.29) is 74.3 Å². The second-order valence-electron chi connectivity index (χ2n) is 25.2. The number of nitrogens with one attached hydrogen (secondary N) is 5. The van der Waals surface area contributed by atoms with Crippen molar-refractivity contribution >= 4 is 54.3 Å². The van der Waals surface area contributed by atoms with Gasteiger partial charge in [0.1, 0.15) is 56.6 Å². The Morgan fingerprint density at radius 3 is 0.990 bits per heavy atom. The monoisotopic (exact) mass is 1400 g/mol. The normalized spacial score (nSPS) is 13.8. The average Bonchev–Trinajstić information content (AvgIpc) is 1.65. The fourth-order valence-corrected chi connectivity index (χ4v) is 13.0. The van der Waals surface area contributed by atoms with E-state index in [1.165, 1.54) is 79.6 Å². The molecule has 0 aromatic heterocycles. The molecule has 0 aliphatic heterocycles. The summed E-state index contributed by atoms with van der Waals surface area (Å²) in [6.45, 7) is 9.09. The standard InChI is InChI=1S/C25H30N2O5.C20H22N2O4.C18H17NO4.C18H17NO3/c1-16(14-26-23(24(29)31-3)13-12-17(2)28)27-25(30)32-15-22-20-10-6-4-8-18(20)19-9-5-7-11-21(19)22;1-13(19(23)22(2)25-3)21-20(24)26-12-18-16-10-6-4-8-14(16)15-9-5-7-11-17(15)18;1-11(17(20)21)19-18(22)23-10-16-14-8-4-2-6-12(14)13-7-3-5-9-15(13)16;1-12(10-20)19-18(21)22-11-17-15-8-4-2-6-13(15)14-7-3-5-9-16(14)17/h4-11,16,22-23,26H,12-15H2,1-3H3,(H,27,30);4-11,13,18H,12H2,1-3H3,(H,21,24);2-9,11,16H,10H2,1H3,(H,19,22)(H,20,21);2-10,12,17H,11H2,1H3,(H,19,21)/t16-,23+;13-;11-;12-/m1111/s1. The number of benzene rings is 8. The molecule has 5 atom stereocenters. The van der Waals surface area contributed by atoms with Gasteiger partial charge in [0.15, 0.2) is 0 Å². The molecule has 8 aromatic carbocycles. The quantitative estimate of drug-likeness (QED) is 0.0150. The van der Waals surface area contributed by atoms with Crippen LogP contribution in [0.3, 0.4) is 0 Å². The Morgan fingerprint density at radius 1 is 0.437 bits per heavy atom. The Kier molecular flexibility index (Phi) is 26.6. The average molecular weight is 1400 g/mol. The van der Waals surface area contributed by atoms with Crippen molar-refractivity contribution in [2.45, 2.75) is 101 Å². The van der Waals surface area contributed by atoms with Crippen molar-refractivity contribution < 1.29 is 76.8 Å². The fraction of sp³-hybridized carbons (Fsp3) is 0.296. The van der Waals surface area contributed by atoms with Gasteiger partial charge in [-0.05, 0) is 130 Å². The SMILES string of the molecule is COC(=O)[C@H](CCC(C)=O)NC[C@@H](C)NC(=O)OCC1c2ccccc2-c2ccccc21.CON(C)C(=O)[C@@H](C)NC(=O)OCC1c2ccccc2-c2ccccc21.C[C@@H](NC(=O)OCC1c2ccccc2-c2ccccc21)C(=O)O.C[C@H](C=O)NC(=O)OCC1c2ccccc2-c2ccccc21. The molecule has 4 aliphatic carbocycles. The number of ketones is 1. The van der Waals surface area contributed by atoms with Crippen molar-refractivity contribution in [2.24, 2.45) is 0 Å². The van der Waals surface area contributed by atoms with E-state index in [1.54, 1.807) is 13.8 Å². The van der Waals surface area contributed by atoms with Crippen molar-refractivity contribution in [3.63, 3.8) is 0 Å². The third-order valence-electron chi connectivity index (χ3n) is 18.2. The van der Waals surface area contributed by atoms with E-state index in [9.17, 15) is 43.2 Å². The maximum Gasteiger partial charge on any atom is 0.407 e. The molecule has 0 unspecified atom stereocenters. The number of esters is 1. The van der Waals surface area contributed by atoms with Gasteiger partial charge in [-0.25, -0.2) is 24.2 Å². The smallest absolute Gasteiger partial charge is 0.407 e. The summed E-state index contributed by atoms with van der Waals surface area (Å²) in [4.78, 5) is 109. The number of nitrogens with zero attached hydrogens (tertiary/aromatic N) is 1. The van der Waals surface area contributed by atoms with Crippen molar-refractivity contribution in [1.82, 2.24) is 31.6 Å². The third kappa shape index (κ3) is 19.1. The highest BCUT2D eigenvalue weighted by Crippen LogP contribution is 2.48. The zero-order valence-corrected chi connectivity index (χ0v) is 58.7. The molecule has 8 aromatic rings. The molecular formula is C81H86N6O16. The summed E-state index contributed by atoms with van der Waals surface area (Å²) in [7, 11) is 4.18. The Labute approximate surface area is 598 Å². The van der Waals surface area contributed by atoms with Crippen LogP contribution in [-0.2, 0) is 52.5 Å². The summed E-state index contributed by atoms with van der Waals surface area (Å²) < 4.78 is 26.3. The van der Waals surface area contributed by atoms with Gasteiger partial charge in [0.05, 0.1) is 20.3 Å². The lowest BCUT2D eigenvalue weighted by Gasteiger charge is -2.20. The number of carbonyl (C=O) groups is 9. The third-order valence-corrected chi connectivity index (χ3v) is 18.2. The maximum absolute atomic E-state index is 12.4. The number of hydroxylamine groups is 2. The number of fused-ring (bicyclic) bond motifs is 12. The number of amides is 5. The van der Waals surface area contributed by atoms with Crippen LogP contribution in [0, 0.1) is 0 Å². The predicted molar refractivity (Wildman–Crippen MR) is 388 cm³/mol. The fourth-order valence-electron chi connectivity index (χ4n) is 13.0. The molecule has 0 heterocycles. The molecule has 6 N–H and O–H groups in total. The van der Waals surface area contributed by atoms with Gasteiger partial charge in [-0.1, -0.05) is 194 Å². The van der Waals surface area contributed by atoms with Crippen molar-refractivity contribution in [2.75, 3.05) is 54.2 Å². The summed E-state index contributed by atoms with van der Waals surface area (Å²) in [6.07, 6.45) is -1.14. The first-order chi connectivity index (χ1) is 49.7. The molecule has 0 radical (unpaired) electrons. The first-order valence-electron chi connectivity index (χ1n) is 34.0. The molecule has 0 saturated heterocycles. The number of Topliss-reactive ketones (excluding diaryl/α,β-unsaturated/α-hetero) is 1. The minimum absolute atomic E-state index is 0.00290. The number of likely N-dealkylation sites (N-methyl/N-ethyl adjacent to an activating group) is 1. The number of carbonyl (C=O) groups excluding carboxylic acids is 8. The topological polar surface area (TPSA) is 293 Å². The van der Waals surface area contributed by atoms with Crippen molar-refractivity contribution in [3.8, 4) is 44.5 Å². The van der Waals surface area contributed by atoms with Gasteiger partial charge in [0.2, 0.25) is 0 Å². The molecule has 12 rings (SSSR count). The van der Waals surface area contributed by atoms with Gasteiger partial charge in [-0.15, -0.1) is 0 Å². The number of carboxylic acid groups (broad SMARTS) is 1. The molecule has 22 nitrogen and oxygen atoms in total. The van der Waals surface area contributed by atoms with Crippen LogP contribution in [0.1, 0.15) is 116 Å². The summed E-state index contributed by atoms with van der Waals surface area (Å²) in [5.74, 6) is -1.90. The molecule has 0 fully saturated rings. The van der Waals surface area contributed by atoms with Crippen LogP contribution in [0.25, 0.3) is 44.5 Å². The second kappa shape index (κ2) is 36.2. The Bertz CT molecular complexity index is 4170. The molecule has 0 spiro atoms. The van der Waals surface area contributed by atoms with Crippen molar-refractivity contribution in [1.29, 1.82) is 0 Å². The van der Waals surface area contributed by atoms with Crippen LogP contribution in [0.5, 0.6) is 0 Å². The summed E-state index contributed by atoms with van der Waals surface area (Å²) in [6, 6.07) is 61.8. The molecule has 536 valence electrons. The predicted octanol–water partition coefficient (Wildman–Crippen LogP) is 12.5. The van der Waals surface area contributed by atoms with Gasteiger partial charge in [-0.3, -0.25) is 19.2 Å². The van der Waals surface area contributed by atoms with E-state index in [1.807, 2.05) is 116 Å². The lowest BCUT2D eigenvalue weighted by molar-refractivity contribution is -0.170. The maximum atomic E-state index is 12.4. The highest BCUT2D eigenvalue weighted by atomic mass is 16.7. The Hall–Kier alpha value is -11.5. The molecule has 4 aliphatic rings. The number of aliphatic carboxylic acids is 1. The van der Waals surface area contributed by atoms with E-state index in [4.69, 9.17) is 33.6 Å². The zero-order chi connectivity index (χ0) is 73.7. The first kappa shape index (κ1) is 75.7.